The van der Waals surface area contributed by atoms with Gasteiger partial charge in [0, 0.05) is 17.6 Å². The summed E-state index contributed by atoms with van der Waals surface area (Å²) in [5.41, 5.74) is 1.15. The number of carbonyl (C=O) groups excluding carboxylic acids is 1. The number of halogens is 2. The van der Waals surface area contributed by atoms with Gasteiger partial charge in [-0.2, -0.15) is 0 Å². The topological polar surface area (TPSA) is 33.2 Å². The first-order valence-electron chi connectivity index (χ1n) is 7.51. The lowest BCUT2D eigenvalue weighted by molar-refractivity contribution is -0.131. The van der Waals surface area contributed by atoms with E-state index in [0.717, 1.165) is 15.2 Å². The van der Waals surface area contributed by atoms with Gasteiger partial charge in [0.15, 0.2) is 0 Å². The number of amides is 1. The van der Waals surface area contributed by atoms with Crippen molar-refractivity contribution < 1.29 is 9.18 Å². The highest BCUT2D eigenvalue weighted by molar-refractivity contribution is 7.18. The van der Waals surface area contributed by atoms with E-state index in [1.807, 2.05) is 31.2 Å². The lowest BCUT2D eigenvalue weighted by atomic mass is 10.1. The number of nitrogens with zero attached hydrogens (tertiary/aromatic N) is 2. The minimum absolute atomic E-state index is 0.0722. The van der Waals surface area contributed by atoms with Gasteiger partial charge in [-0.15, -0.1) is 11.3 Å². The van der Waals surface area contributed by atoms with Crippen molar-refractivity contribution in [2.75, 3.05) is 7.05 Å². The van der Waals surface area contributed by atoms with Gasteiger partial charge in [-0.05, 0) is 31.2 Å². The lowest BCUT2D eigenvalue weighted by Crippen LogP contribution is -2.31. The van der Waals surface area contributed by atoms with Crippen LogP contribution in [0.4, 0.5) is 4.39 Å². The molecule has 0 radical (unpaired) electrons. The summed E-state index contributed by atoms with van der Waals surface area (Å²) in [6.45, 7) is 1.92. The average Bonchev–Trinajstić information content (AvgIpc) is 3.00. The first-order chi connectivity index (χ1) is 11.5. The van der Waals surface area contributed by atoms with Crippen LogP contribution >= 0.6 is 22.9 Å². The van der Waals surface area contributed by atoms with Crippen LogP contribution in [0.1, 0.15) is 23.5 Å². The number of para-hydroxylation sites is 1. The van der Waals surface area contributed by atoms with E-state index in [0.29, 0.717) is 0 Å². The maximum absolute atomic E-state index is 13.9. The Balaban J connectivity index is 1.79. The van der Waals surface area contributed by atoms with Crippen LogP contribution in [0, 0.1) is 5.82 Å². The number of fused-ring (bicyclic) bond motifs is 1. The summed E-state index contributed by atoms with van der Waals surface area (Å²) < 4.78 is 15.0. The normalized spacial score (nSPS) is 12.3. The number of aromatic nitrogens is 1. The number of thiazole rings is 1. The van der Waals surface area contributed by atoms with Crippen molar-refractivity contribution in [1.82, 2.24) is 9.88 Å². The molecule has 0 saturated carbocycles. The van der Waals surface area contributed by atoms with E-state index in [9.17, 15) is 9.18 Å². The third-order valence-electron chi connectivity index (χ3n) is 4.03. The minimum atomic E-state index is -0.461. The molecule has 0 unspecified atom stereocenters. The van der Waals surface area contributed by atoms with Crippen molar-refractivity contribution in [3.05, 3.63) is 63.9 Å². The highest BCUT2D eigenvalue weighted by Crippen LogP contribution is 2.29. The van der Waals surface area contributed by atoms with E-state index in [2.05, 4.69) is 4.98 Å². The fraction of sp³-hybridized carbons (Fsp3) is 0.222. The molecule has 124 valence electrons. The molecule has 2 aromatic carbocycles. The molecule has 24 heavy (non-hydrogen) atoms. The molecule has 0 spiro atoms. The summed E-state index contributed by atoms with van der Waals surface area (Å²) in [6, 6.07) is 12.1. The molecular weight excluding hydrogens is 347 g/mol. The van der Waals surface area contributed by atoms with Gasteiger partial charge in [-0.25, -0.2) is 9.37 Å². The smallest absolute Gasteiger partial charge is 0.227 e. The Morgan fingerprint density at radius 3 is 2.75 bits per heavy atom. The Bertz CT molecular complexity index is 842. The van der Waals surface area contributed by atoms with Gasteiger partial charge in [0.05, 0.1) is 22.7 Å². The average molecular weight is 363 g/mol. The van der Waals surface area contributed by atoms with Crippen molar-refractivity contribution in [2.45, 2.75) is 19.4 Å². The lowest BCUT2D eigenvalue weighted by Gasteiger charge is -2.23. The molecule has 6 heteroatoms. The van der Waals surface area contributed by atoms with Crippen LogP contribution in [0.2, 0.25) is 5.02 Å². The van der Waals surface area contributed by atoms with Gasteiger partial charge in [-0.3, -0.25) is 4.79 Å². The molecule has 0 aliphatic carbocycles. The Morgan fingerprint density at radius 1 is 1.29 bits per heavy atom. The molecule has 0 N–H and O–H groups in total. The molecule has 3 aromatic rings. The number of rotatable bonds is 4. The van der Waals surface area contributed by atoms with Crippen molar-refractivity contribution in [1.29, 1.82) is 0 Å². The molecule has 1 aromatic heterocycles. The van der Waals surface area contributed by atoms with Gasteiger partial charge < -0.3 is 4.90 Å². The van der Waals surface area contributed by atoms with Gasteiger partial charge in [0.2, 0.25) is 5.91 Å². The molecular formula is C18H16ClFN2OS. The van der Waals surface area contributed by atoms with E-state index < -0.39 is 5.82 Å². The van der Waals surface area contributed by atoms with Crippen molar-refractivity contribution in [3.63, 3.8) is 0 Å². The van der Waals surface area contributed by atoms with Crippen LogP contribution in [0.15, 0.2) is 42.5 Å². The zero-order valence-electron chi connectivity index (χ0n) is 13.3. The summed E-state index contributed by atoms with van der Waals surface area (Å²) >= 11 is 7.57. The monoisotopic (exact) mass is 362 g/mol. The molecule has 3 nitrogen and oxygen atoms in total. The largest absolute Gasteiger partial charge is 0.336 e. The number of hydrogen-bond donors (Lipinski definition) is 0. The predicted octanol–water partition coefficient (Wildman–Crippen LogP) is 4.85. The second-order valence-electron chi connectivity index (χ2n) is 5.58. The molecule has 3 rings (SSSR count). The Kier molecular flexibility index (Phi) is 4.83. The van der Waals surface area contributed by atoms with Gasteiger partial charge >= 0.3 is 0 Å². The van der Waals surface area contributed by atoms with Crippen LogP contribution in [0.3, 0.4) is 0 Å². The third-order valence-corrected chi connectivity index (χ3v) is 5.59. The number of carbonyl (C=O) groups is 1. The second kappa shape index (κ2) is 6.87. The van der Waals surface area contributed by atoms with Crippen LogP contribution in [0.25, 0.3) is 10.2 Å². The van der Waals surface area contributed by atoms with Crippen molar-refractivity contribution >= 4 is 39.1 Å². The van der Waals surface area contributed by atoms with E-state index in [4.69, 9.17) is 11.6 Å². The van der Waals surface area contributed by atoms with E-state index in [1.165, 1.54) is 12.1 Å². The van der Waals surface area contributed by atoms with Crippen LogP contribution in [-0.2, 0) is 11.2 Å². The molecule has 0 saturated heterocycles. The molecule has 0 aliphatic heterocycles. The zero-order chi connectivity index (χ0) is 17.3. The molecule has 1 heterocycles. The highest BCUT2D eigenvalue weighted by Gasteiger charge is 2.22. The summed E-state index contributed by atoms with van der Waals surface area (Å²) in [7, 11) is 1.70. The zero-order valence-corrected chi connectivity index (χ0v) is 14.9. The highest BCUT2D eigenvalue weighted by atomic mass is 35.5. The standard InChI is InChI=1S/C18H16ClFN2OS/c1-11(18-21-15-8-3-4-9-16(15)24-18)22(2)17(23)10-12-13(19)6-5-7-14(12)20/h3-9,11H,10H2,1-2H3/t11-/m0/s1. The fourth-order valence-electron chi connectivity index (χ4n) is 2.43. The van der Waals surface area contributed by atoms with Crippen LogP contribution < -0.4 is 0 Å². The van der Waals surface area contributed by atoms with Gasteiger partial charge in [-0.1, -0.05) is 29.8 Å². The molecule has 0 aliphatic rings. The number of likely N-dealkylation sites (N-methyl/N-ethyl adjacent to an activating group) is 1. The minimum Gasteiger partial charge on any atom is -0.336 e. The first kappa shape index (κ1) is 16.9. The molecule has 0 fully saturated rings. The first-order valence-corrected chi connectivity index (χ1v) is 8.71. The van der Waals surface area contributed by atoms with Crippen molar-refractivity contribution in [3.8, 4) is 0 Å². The molecule has 1 atom stereocenters. The maximum atomic E-state index is 13.9. The quantitative estimate of drug-likeness (QED) is 0.664. The van der Waals surface area contributed by atoms with Gasteiger partial charge in [0.1, 0.15) is 10.8 Å². The summed E-state index contributed by atoms with van der Waals surface area (Å²) in [4.78, 5) is 18.7. The Labute approximate surface area is 148 Å². The fourth-order valence-corrected chi connectivity index (χ4v) is 3.72. The van der Waals surface area contributed by atoms with Crippen LogP contribution in [-0.4, -0.2) is 22.8 Å². The van der Waals surface area contributed by atoms with Crippen molar-refractivity contribution in [2.24, 2.45) is 0 Å². The van der Waals surface area contributed by atoms with E-state index in [1.54, 1.807) is 29.4 Å². The maximum Gasteiger partial charge on any atom is 0.227 e. The number of benzene rings is 2. The number of hydrogen-bond acceptors (Lipinski definition) is 3. The molecule has 1 amide bonds. The predicted molar refractivity (Wildman–Crippen MR) is 95.9 cm³/mol. The second-order valence-corrected chi connectivity index (χ2v) is 7.05. The van der Waals surface area contributed by atoms with E-state index in [-0.39, 0.29) is 29.0 Å². The Hall–Kier alpha value is -1.98. The van der Waals surface area contributed by atoms with Gasteiger partial charge in [0.25, 0.3) is 0 Å². The molecule has 0 bridgehead atoms. The summed E-state index contributed by atoms with van der Waals surface area (Å²) in [5.74, 6) is -0.661. The third kappa shape index (κ3) is 3.28. The van der Waals surface area contributed by atoms with Crippen LogP contribution in [0.5, 0.6) is 0 Å². The van der Waals surface area contributed by atoms with E-state index >= 15 is 0 Å². The SMILES string of the molecule is C[C@@H](c1nc2ccccc2s1)N(C)C(=O)Cc1c(F)cccc1Cl. The summed E-state index contributed by atoms with van der Waals surface area (Å²) in [6.07, 6.45) is -0.0722. The Morgan fingerprint density at radius 2 is 2.04 bits per heavy atom. The summed E-state index contributed by atoms with van der Waals surface area (Å²) in [5, 5.41) is 1.12.